The molecule has 4 nitrogen and oxygen atoms in total. The zero-order valence-electron chi connectivity index (χ0n) is 13.8. The average molecular weight is 351 g/mol. The molecule has 2 rings (SSSR count). The van der Waals surface area contributed by atoms with Crippen molar-refractivity contribution in [3.05, 3.63) is 58.9 Å². The summed E-state index contributed by atoms with van der Waals surface area (Å²) in [5.74, 6) is 0.0732. The Balaban J connectivity index is 1.99. The van der Waals surface area contributed by atoms with E-state index in [1.165, 1.54) is 12.1 Å². The van der Waals surface area contributed by atoms with Gasteiger partial charge in [-0.15, -0.1) is 0 Å². The third-order valence-corrected chi connectivity index (χ3v) is 3.96. The summed E-state index contributed by atoms with van der Waals surface area (Å²) in [6.45, 7) is 3.84. The van der Waals surface area contributed by atoms with Crippen LogP contribution >= 0.6 is 11.6 Å². The molecule has 2 aromatic rings. The van der Waals surface area contributed by atoms with Crippen molar-refractivity contribution in [1.82, 2.24) is 5.32 Å². The quantitative estimate of drug-likeness (QED) is 0.829. The van der Waals surface area contributed by atoms with E-state index in [1.54, 1.807) is 37.4 Å². The Kier molecular flexibility index (Phi) is 5.80. The number of hydrogen-bond acceptors (Lipinski definition) is 3. The molecular weight excluding hydrogens is 331 g/mol. The first kappa shape index (κ1) is 18.2. The highest BCUT2D eigenvalue weighted by atomic mass is 35.5. The SMILES string of the molecule is COc1cccc(NC(=O)CNC(C)(C)c2ccc(F)cc2Cl)c1. The number of benzene rings is 2. The van der Waals surface area contributed by atoms with Crippen LogP contribution in [0, 0.1) is 5.82 Å². The van der Waals surface area contributed by atoms with Gasteiger partial charge in [-0.3, -0.25) is 10.1 Å². The molecule has 0 fully saturated rings. The number of carbonyl (C=O) groups excluding carboxylic acids is 1. The van der Waals surface area contributed by atoms with E-state index in [0.717, 1.165) is 5.56 Å². The molecule has 0 atom stereocenters. The third kappa shape index (κ3) is 4.69. The summed E-state index contributed by atoms with van der Waals surface area (Å²) < 4.78 is 18.3. The van der Waals surface area contributed by atoms with Crippen LogP contribution in [-0.4, -0.2) is 19.6 Å². The fourth-order valence-electron chi connectivity index (χ4n) is 2.30. The van der Waals surface area contributed by atoms with Crippen molar-refractivity contribution in [2.75, 3.05) is 19.0 Å². The van der Waals surface area contributed by atoms with Crippen LogP contribution in [-0.2, 0) is 10.3 Å². The van der Waals surface area contributed by atoms with E-state index < -0.39 is 11.4 Å². The fourth-order valence-corrected chi connectivity index (χ4v) is 2.70. The largest absolute Gasteiger partial charge is 0.497 e. The number of methoxy groups -OCH3 is 1. The lowest BCUT2D eigenvalue weighted by molar-refractivity contribution is -0.115. The number of ether oxygens (including phenoxy) is 1. The van der Waals surface area contributed by atoms with Crippen LogP contribution in [0.1, 0.15) is 19.4 Å². The molecule has 24 heavy (non-hydrogen) atoms. The normalized spacial score (nSPS) is 11.2. The molecule has 2 N–H and O–H groups in total. The highest BCUT2D eigenvalue weighted by molar-refractivity contribution is 6.31. The van der Waals surface area contributed by atoms with Gasteiger partial charge in [-0.05, 0) is 43.7 Å². The van der Waals surface area contributed by atoms with E-state index in [4.69, 9.17) is 16.3 Å². The van der Waals surface area contributed by atoms with Gasteiger partial charge in [0, 0.05) is 22.3 Å². The highest BCUT2D eigenvalue weighted by Gasteiger charge is 2.23. The van der Waals surface area contributed by atoms with Crippen LogP contribution in [0.5, 0.6) is 5.75 Å². The van der Waals surface area contributed by atoms with Crippen LogP contribution in [0.25, 0.3) is 0 Å². The topological polar surface area (TPSA) is 50.4 Å². The van der Waals surface area contributed by atoms with Crippen molar-refractivity contribution in [2.24, 2.45) is 0 Å². The number of hydrogen-bond donors (Lipinski definition) is 2. The molecule has 0 radical (unpaired) electrons. The summed E-state index contributed by atoms with van der Waals surface area (Å²) in [6.07, 6.45) is 0. The monoisotopic (exact) mass is 350 g/mol. The summed E-state index contributed by atoms with van der Waals surface area (Å²) in [4.78, 5) is 12.1. The fraction of sp³-hybridized carbons (Fsp3) is 0.278. The van der Waals surface area contributed by atoms with Gasteiger partial charge in [-0.25, -0.2) is 4.39 Å². The minimum absolute atomic E-state index is 0.0813. The summed E-state index contributed by atoms with van der Waals surface area (Å²) in [5, 5.41) is 6.24. The molecule has 0 saturated carbocycles. The maximum atomic E-state index is 13.2. The van der Waals surface area contributed by atoms with Crippen molar-refractivity contribution >= 4 is 23.2 Å². The van der Waals surface area contributed by atoms with Gasteiger partial charge in [-0.2, -0.15) is 0 Å². The Bertz CT molecular complexity index is 735. The Labute approximate surface area is 146 Å². The Morgan fingerprint density at radius 3 is 2.67 bits per heavy atom. The van der Waals surface area contributed by atoms with Crippen molar-refractivity contribution in [2.45, 2.75) is 19.4 Å². The first-order valence-corrected chi connectivity index (χ1v) is 7.84. The van der Waals surface area contributed by atoms with E-state index in [-0.39, 0.29) is 12.5 Å². The lowest BCUT2D eigenvalue weighted by atomic mass is 9.94. The van der Waals surface area contributed by atoms with Crippen molar-refractivity contribution in [3.8, 4) is 5.75 Å². The lowest BCUT2D eigenvalue weighted by Crippen LogP contribution is -2.41. The predicted molar refractivity (Wildman–Crippen MR) is 94.1 cm³/mol. The van der Waals surface area contributed by atoms with Gasteiger partial charge >= 0.3 is 0 Å². The molecule has 2 aromatic carbocycles. The Hall–Kier alpha value is -2.11. The van der Waals surface area contributed by atoms with E-state index in [0.29, 0.717) is 16.5 Å². The van der Waals surface area contributed by atoms with Crippen LogP contribution in [0.15, 0.2) is 42.5 Å². The number of anilines is 1. The van der Waals surface area contributed by atoms with Gasteiger partial charge < -0.3 is 10.1 Å². The second kappa shape index (κ2) is 7.64. The number of amides is 1. The standard InChI is InChI=1S/C18H20ClFN2O2/c1-18(2,15-8-7-12(20)9-16(15)19)21-11-17(23)22-13-5-4-6-14(10-13)24-3/h4-10,21H,11H2,1-3H3,(H,22,23). The molecule has 1 amide bonds. The van der Waals surface area contributed by atoms with Gasteiger partial charge in [0.05, 0.1) is 13.7 Å². The molecule has 0 aromatic heterocycles. The molecule has 0 unspecified atom stereocenters. The van der Waals surface area contributed by atoms with Crippen LogP contribution in [0.3, 0.4) is 0 Å². The second-order valence-electron chi connectivity index (χ2n) is 5.88. The maximum Gasteiger partial charge on any atom is 0.238 e. The van der Waals surface area contributed by atoms with Crippen molar-refractivity contribution in [1.29, 1.82) is 0 Å². The van der Waals surface area contributed by atoms with Crippen molar-refractivity contribution in [3.63, 3.8) is 0 Å². The minimum Gasteiger partial charge on any atom is -0.497 e. The molecule has 0 saturated heterocycles. The number of rotatable bonds is 6. The average Bonchev–Trinajstić information content (AvgIpc) is 2.53. The Morgan fingerprint density at radius 2 is 2.00 bits per heavy atom. The summed E-state index contributed by atoms with van der Waals surface area (Å²) in [6, 6.07) is 11.3. The van der Waals surface area contributed by atoms with Gasteiger partial charge in [-0.1, -0.05) is 23.7 Å². The number of nitrogens with one attached hydrogen (secondary N) is 2. The van der Waals surface area contributed by atoms with Gasteiger partial charge in [0.15, 0.2) is 0 Å². The van der Waals surface area contributed by atoms with Gasteiger partial charge in [0.1, 0.15) is 11.6 Å². The van der Waals surface area contributed by atoms with Gasteiger partial charge in [0.25, 0.3) is 0 Å². The van der Waals surface area contributed by atoms with Crippen LogP contribution in [0.4, 0.5) is 10.1 Å². The van der Waals surface area contributed by atoms with E-state index in [2.05, 4.69) is 10.6 Å². The lowest BCUT2D eigenvalue weighted by Gasteiger charge is -2.27. The van der Waals surface area contributed by atoms with E-state index in [1.807, 2.05) is 13.8 Å². The molecule has 0 aliphatic carbocycles. The third-order valence-electron chi connectivity index (χ3n) is 3.65. The molecule has 0 aliphatic rings. The zero-order chi connectivity index (χ0) is 17.7. The molecule has 6 heteroatoms. The van der Waals surface area contributed by atoms with Crippen LogP contribution in [0.2, 0.25) is 5.02 Å². The smallest absolute Gasteiger partial charge is 0.238 e. The van der Waals surface area contributed by atoms with Crippen molar-refractivity contribution < 1.29 is 13.9 Å². The summed E-state index contributed by atoms with van der Waals surface area (Å²) >= 11 is 6.10. The second-order valence-corrected chi connectivity index (χ2v) is 6.29. The summed E-state index contributed by atoms with van der Waals surface area (Å²) in [5.41, 5.74) is 0.787. The first-order valence-electron chi connectivity index (χ1n) is 7.46. The van der Waals surface area contributed by atoms with Crippen LogP contribution < -0.4 is 15.4 Å². The summed E-state index contributed by atoms with van der Waals surface area (Å²) in [7, 11) is 1.57. The number of carbonyl (C=O) groups is 1. The molecule has 0 bridgehead atoms. The molecule has 0 heterocycles. The zero-order valence-corrected chi connectivity index (χ0v) is 14.6. The first-order chi connectivity index (χ1) is 11.3. The van der Waals surface area contributed by atoms with Gasteiger partial charge in [0.2, 0.25) is 5.91 Å². The maximum absolute atomic E-state index is 13.2. The Morgan fingerprint density at radius 1 is 1.25 bits per heavy atom. The predicted octanol–water partition coefficient (Wildman–Crippen LogP) is 3.95. The molecule has 0 spiro atoms. The molecule has 128 valence electrons. The molecule has 0 aliphatic heterocycles. The minimum atomic E-state index is -0.587. The van der Waals surface area contributed by atoms with E-state index >= 15 is 0 Å². The van der Waals surface area contributed by atoms with E-state index in [9.17, 15) is 9.18 Å². The highest BCUT2D eigenvalue weighted by Crippen LogP contribution is 2.28. The molecular formula is C18H20ClFN2O2. The number of halogens is 2.